The molecule has 6 nitrogen and oxygen atoms in total. The van der Waals surface area contributed by atoms with Crippen LogP contribution in [0.1, 0.15) is 65.3 Å². The monoisotopic (exact) mass is 504 g/mol. The molecule has 0 unspecified atom stereocenters. The fourth-order valence-corrected chi connectivity index (χ4v) is 6.05. The molecular formula is C29H32N2O4S. The summed E-state index contributed by atoms with van der Waals surface area (Å²) >= 11 is 1.54. The van der Waals surface area contributed by atoms with Crippen molar-refractivity contribution >= 4 is 29.1 Å². The lowest BCUT2D eigenvalue weighted by atomic mass is 9.98. The van der Waals surface area contributed by atoms with Gasteiger partial charge in [-0.1, -0.05) is 50.2 Å². The lowest BCUT2D eigenvalue weighted by Crippen LogP contribution is -2.48. The zero-order valence-corrected chi connectivity index (χ0v) is 21.9. The molecule has 2 aromatic carbocycles. The second-order valence-corrected chi connectivity index (χ2v) is 10.8. The van der Waals surface area contributed by atoms with Crippen molar-refractivity contribution in [3.63, 3.8) is 0 Å². The quantitative estimate of drug-likeness (QED) is 0.389. The van der Waals surface area contributed by atoms with Crippen LogP contribution in [0.5, 0.6) is 0 Å². The summed E-state index contributed by atoms with van der Waals surface area (Å²) in [5.74, 6) is -1.30. The minimum Gasteiger partial charge on any atom is -0.481 e. The van der Waals surface area contributed by atoms with Gasteiger partial charge in [0.15, 0.2) is 0 Å². The number of nitrogens with one attached hydrogen (secondary N) is 1. The first-order chi connectivity index (χ1) is 17.2. The summed E-state index contributed by atoms with van der Waals surface area (Å²) in [5.41, 5.74) is 5.71. The molecule has 36 heavy (non-hydrogen) atoms. The molecule has 2 amide bonds. The van der Waals surface area contributed by atoms with Crippen molar-refractivity contribution in [2.24, 2.45) is 5.92 Å². The number of fused-ring (bicyclic) bond motifs is 1. The standard InChI is InChI=1S/C29H32N2O4S/c1-17(2)12-24(31-15-20-10-5-6-11-22(20)29(31)35)28(34)30-23(14-26(32)33)21-13-25(36-16-21)27-18(3)8-7-9-19(27)4/h5-11,13,16-17,23-24H,12,14-15H2,1-4H3,(H,30,34)(H,32,33)/t23-,24-/m0/s1. The Hall–Kier alpha value is -3.45. The lowest BCUT2D eigenvalue weighted by Gasteiger charge is -2.30. The normalized spacial score (nSPS) is 14.6. The Balaban J connectivity index is 1.61. The van der Waals surface area contributed by atoms with Crippen LogP contribution < -0.4 is 5.32 Å². The van der Waals surface area contributed by atoms with Gasteiger partial charge in [-0.25, -0.2) is 0 Å². The van der Waals surface area contributed by atoms with E-state index in [4.69, 9.17) is 0 Å². The Morgan fingerprint density at radius 2 is 1.78 bits per heavy atom. The number of amides is 2. The van der Waals surface area contributed by atoms with Crippen molar-refractivity contribution in [1.82, 2.24) is 10.2 Å². The fourth-order valence-electron chi connectivity index (χ4n) is 4.91. The number of rotatable bonds is 9. The Labute approximate surface area is 216 Å². The van der Waals surface area contributed by atoms with Gasteiger partial charge >= 0.3 is 5.97 Å². The van der Waals surface area contributed by atoms with Crippen molar-refractivity contribution < 1.29 is 19.5 Å². The average Bonchev–Trinajstić information content (AvgIpc) is 3.42. The smallest absolute Gasteiger partial charge is 0.305 e. The predicted molar refractivity (Wildman–Crippen MR) is 142 cm³/mol. The molecule has 2 N–H and O–H groups in total. The molecule has 7 heteroatoms. The number of benzene rings is 2. The number of carboxylic acid groups (broad SMARTS) is 1. The zero-order valence-electron chi connectivity index (χ0n) is 21.1. The van der Waals surface area contributed by atoms with Crippen LogP contribution in [0.25, 0.3) is 10.4 Å². The first kappa shape index (κ1) is 25.6. The molecular weight excluding hydrogens is 472 g/mol. The molecule has 3 aromatic rings. The molecule has 0 saturated carbocycles. The Kier molecular flexibility index (Phi) is 7.59. The van der Waals surface area contributed by atoms with Gasteiger partial charge in [0, 0.05) is 17.0 Å². The molecule has 2 heterocycles. The van der Waals surface area contributed by atoms with Gasteiger partial charge in [-0.2, -0.15) is 0 Å². The second-order valence-electron chi connectivity index (χ2n) is 9.91. The number of hydrogen-bond acceptors (Lipinski definition) is 4. The van der Waals surface area contributed by atoms with E-state index in [1.165, 1.54) is 0 Å². The molecule has 2 atom stereocenters. The first-order valence-electron chi connectivity index (χ1n) is 12.2. The Morgan fingerprint density at radius 3 is 2.42 bits per heavy atom. The molecule has 1 aliphatic heterocycles. The molecule has 4 rings (SSSR count). The summed E-state index contributed by atoms with van der Waals surface area (Å²) in [5, 5.41) is 14.5. The van der Waals surface area contributed by atoms with Gasteiger partial charge in [0.2, 0.25) is 5.91 Å². The van der Waals surface area contributed by atoms with E-state index in [1.807, 2.05) is 49.6 Å². The summed E-state index contributed by atoms with van der Waals surface area (Å²) in [4.78, 5) is 41.1. The molecule has 1 aromatic heterocycles. The number of carbonyl (C=O) groups is 3. The number of carbonyl (C=O) groups excluding carboxylic acids is 2. The number of carboxylic acids is 1. The van der Waals surface area contributed by atoms with Crippen LogP contribution in [-0.4, -0.2) is 33.8 Å². The van der Waals surface area contributed by atoms with E-state index < -0.39 is 18.1 Å². The van der Waals surface area contributed by atoms with Gasteiger partial charge in [0.05, 0.1) is 12.5 Å². The first-order valence-corrected chi connectivity index (χ1v) is 13.1. The topological polar surface area (TPSA) is 86.7 Å². The molecule has 0 aliphatic carbocycles. The summed E-state index contributed by atoms with van der Waals surface area (Å²) in [6.45, 7) is 8.51. The third kappa shape index (κ3) is 5.36. The van der Waals surface area contributed by atoms with Crippen LogP contribution in [-0.2, 0) is 16.1 Å². The molecule has 1 aliphatic rings. The van der Waals surface area contributed by atoms with E-state index in [9.17, 15) is 19.5 Å². The van der Waals surface area contributed by atoms with Crippen molar-refractivity contribution in [2.45, 2.75) is 59.2 Å². The molecule has 188 valence electrons. The largest absolute Gasteiger partial charge is 0.481 e. The van der Waals surface area contributed by atoms with Crippen LogP contribution in [0.2, 0.25) is 0 Å². The lowest BCUT2D eigenvalue weighted by molar-refractivity contribution is -0.138. The number of aryl methyl sites for hydroxylation is 2. The van der Waals surface area contributed by atoms with Crippen molar-refractivity contribution in [3.05, 3.63) is 81.7 Å². The van der Waals surface area contributed by atoms with E-state index in [1.54, 1.807) is 22.3 Å². The molecule has 0 spiro atoms. The van der Waals surface area contributed by atoms with Gasteiger partial charge in [-0.3, -0.25) is 14.4 Å². The minimum absolute atomic E-state index is 0.158. The maximum atomic E-state index is 13.6. The maximum Gasteiger partial charge on any atom is 0.305 e. The van der Waals surface area contributed by atoms with Gasteiger partial charge in [0.25, 0.3) is 5.91 Å². The minimum atomic E-state index is -0.995. The second kappa shape index (κ2) is 10.7. The fraction of sp³-hybridized carbons (Fsp3) is 0.345. The third-order valence-corrected chi connectivity index (χ3v) is 7.63. The Morgan fingerprint density at radius 1 is 1.08 bits per heavy atom. The summed E-state index contributed by atoms with van der Waals surface area (Å²) in [7, 11) is 0. The van der Waals surface area contributed by atoms with E-state index >= 15 is 0 Å². The molecule has 0 saturated heterocycles. The van der Waals surface area contributed by atoms with Crippen molar-refractivity contribution in [2.75, 3.05) is 0 Å². The highest BCUT2D eigenvalue weighted by Crippen LogP contribution is 2.35. The number of hydrogen-bond donors (Lipinski definition) is 2. The summed E-state index contributed by atoms with van der Waals surface area (Å²) < 4.78 is 0. The summed E-state index contributed by atoms with van der Waals surface area (Å²) in [6.07, 6.45) is 0.250. The van der Waals surface area contributed by atoms with Crippen LogP contribution >= 0.6 is 11.3 Å². The van der Waals surface area contributed by atoms with Crippen LogP contribution in [0.3, 0.4) is 0 Å². The predicted octanol–water partition coefficient (Wildman–Crippen LogP) is 5.73. The van der Waals surface area contributed by atoms with Crippen LogP contribution in [0.4, 0.5) is 0 Å². The Bertz CT molecular complexity index is 1280. The third-order valence-electron chi connectivity index (χ3n) is 6.67. The summed E-state index contributed by atoms with van der Waals surface area (Å²) in [6, 6.07) is 14.1. The van der Waals surface area contributed by atoms with Crippen molar-refractivity contribution in [1.29, 1.82) is 0 Å². The van der Waals surface area contributed by atoms with E-state index in [0.717, 1.165) is 32.7 Å². The highest BCUT2D eigenvalue weighted by molar-refractivity contribution is 7.13. The van der Waals surface area contributed by atoms with Crippen LogP contribution in [0, 0.1) is 19.8 Å². The highest BCUT2D eigenvalue weighted by atomic mass is 32.1. The van der Waals surface area contributed by atoms with Gasteiger partial charge in [-0.05, 0) is 71.5 Å². The van der Waals surface area contributed by atoms with Gasteiger partial charge < -0.3 is 15.3 Å². The molecule has 0 bridgehead atoms. The average molecular weight is 505 g/mol. The number of thiophene rings is 1. The maximum absolute atomic E-state index is 13.6. The molecule has 0 radical (unpaired) electrons. The number of aliphatic carboxylic acids is 1. The van der Waals surface area contributed by atoms with Crippen molar-refractivity contribution in [3.8, 4) is 10.4 Å². The molecule has 0 fully saturated rings. The van der Waals surface area contributed by atoms with E-state index in [2.05, 4.69) is 31.3 Å². The van der Waals surface area contributed by atoms with E-state index in [0.29, 0.717) is 18.5 Å². The highest BCUT2D eigenvalue weighted by Gasteiger charge is 2.37. The van der Waals surface area contributed by atoms with E-state index in [-0.39, 0.29) is 24.2 Å². The van der Waals surface area contributed by atoms with Gasteiger partial charge in [-0.15, -0.1) is 11.3 Å². The zero-order chi connectivity index (χ0) is 26.0. The SMILES string of the molecule is Cc1cccc(C)c1-c1cc([C@H](CC(=O)O)NC(=O)[C@H](CC(C)C)N2Cc3ccccc3C2=O)cs1. The number of nitrogens with zero attached hydrogens (tertiary/aromatic N) is 1. The van der Waals surface area contributed by atoms with Gasteiger partial charge in [0.1, 0.15) is 6.04 Å². The van der Waals surface area contributed by atoms with Crippen LogP contribution in [0.15, 0.2) is 53.9 Å².